The molecule has 0 aliphatic carbocycles. The summed E-state index contributed by atoms with van der Waals surface area (Å²) in [6, 6.07) is 20.5. The summed E-state index contributed by atoms with van der Waals surface area (Å²) in [5.41, 5.74) is 1.47. The van der Waals surface area contributed by atoms with Gasteiger partial charge in [-0.1, -0.05) is 60.5 Å². The van der Waals surface area contributed by atoms with E-state index in [1.54, 1.807) is 0 Å². The first-order chi connectivity index (χ1) is 11.7. The molecule has 1 saturated heterocycles. The van der Waals surface area contributed by atoms with Gasteiger partial charge in [-0.25, -0.2) is 0 Å². The maximum absolute atomic E-state index is 10.2. The molecule has 3 rings (SSSR count). The lowest BCUT2D eigenvalue weighted by Crippen LogP contribution is -2.36. The average Bonchev–Trinajstić information content (AvgIpc) is 2.65. The van der Waals surface area contributed by atoms with E-state index < -0.39 is 5.41 Å². The van der Waals surface area contributed by atoms with Crippen LogP contribution in [0.15, 0.2) is 54.6 Å². The Morgan fingerprint density at radius 3 is 2.17 bits per heavy atom. The van der Waals surface area contributed by atoms with Gasteiger partial charge >= 0.3 is 0 Å². The van der Waals surface area contributed by atoms with Crippen molar-refractivity contribution in [3.63, 3.8) is 0 Å². The minimum absolute atomic E-state index is 0.622. The molecule has 1 aliphatic rings. The fourth-order valence-electron chi connectivity index (χ4n) is 3.61. The van der Waals surface area contributed by atoms with Crippen molar-refractivity contribution in [2.45, 2.75) is 31.1 Å². The highest BCUT2D eigenvalue weighted by molar-refractivity contribution is 6.30. The Balaban J connectivity index is 1.93. The fourth-order valence-corrected chi connectivity index (χ4v) is 3.73. The van der Waals surface area contributed by atoms with Gasteiger partial charge in [0, 0.05) is 11.6 Å². The number of hydrogen-bond donors (Lipinski definition) is 0. The summed E-state index contributed by atoms with van der Waals surface area (Å²) in [5, 5.41) is 10.9. The lowest BCUT2D eigenvalue weighted by atomic mass is 9.73. The predicted octanol–water partition coefficient (Wildman–Crippen LogP) is 5.03. The van der Waals surface area contributed by atoms with Crippen molar-refractivity contribution < 1.29 is 0 Å². The van der Waals surface area contributed by atoms with Gasteiger partial charge in [0.05, 0.1) is 6.07 Å². The molecule has 3 heteroatoms. The first kappa shape index (κ1) is 17.0. The SMILES string of the molecule is N#CC(CCN1CCCCC1)(c1ccccc1)c1ccc(Cl)cc1. The highest BCUT2D eigenvalue weighted by Gasteiger charge is 2.34. The van der Waals surface area contributed by atoms with E-state index in [-0.39, 0.29) is 0 Å². The van der Waals surface area contributed by atoms with Crippen molar-refractivity contribution in [1.29, 1.82) is 5.26 Å². The van der Waals surface area contributed by atoms with Crippen molar-refractivity contribution in [3.8, 4) is 6.07 Å². The van der Waals surface area contributed by atoms with Gasteiger partial charge < -0.3 is 4.90 Å². The first-order valence-electron chi connectivity index (χ1n) is 8.70. The molecule has 124 valence electrons. The minimum Gasteiger partial charge on any atom is -0.303 e. The lowest BCUT2D eigenvalue weighted by molar-refractivity contribution is 0.218. The van der Waals surface area contributed by atoms with Crippen LogP contribution in [0.3, 0.4) is 0 Å². The van der Waals surface area contributed by atoms with E-state index >= 15 is 0 Å². The van der Waals surface area contributed by atoms with Crippen LogP contribution in [0.5, 0.6) is 0 Å². The molecule has 1 atom stereocenters. The molecule has 1 aliphatic heterocycles. The van der Waals surface area contributed by atoms with E-state index in [4.69, 9.17) is 11.6 Å². The van der Waals surface area contributed by atoms with Crippen LogP contribution in [0.4, 0.5) is 0 Å². The quantitative estimate of drug-likeness (QED) is 0.764. The van der Waals surface area contributed by atoms with Crippen LogP contribution in [0, 0.1) is 11.3 Å². The Kier molecular flexibility index (Phi) is 5.56. The highest BCUT2D eigenvalue weighted by atomic mass is 35.5. The van der Waals surface area contributed by atoms with E-state index in [9.17, 15) is 5.26 Å². The second kappa shape index (κ2) is 7.83. The molecule has 0 saturated carbocycles. The number of halogens is 1. The van der Waals surface area contributed by atoms with Crippen LogP contribution in [-0.2, 0) is 5.41 Å². The first-order valence-corrected chi connectivity index (χ1v) is 9.07. The molecule has 1 heterocycles. The average molecular weight is 339 g/mol. The monoisotopic (exact) mass is 338 g/mol. The molecule has 0 aromatic heterocycles. The summed E-state index contributed by atoms with van der Waals surface area (Å²) in [4.78, 5) is 2.49. The van der Waals surface area contributed by atoms with E-state index in [1.807, 2.05) is 42.5 Å². The summed E-state index contributed by atoms with van der Waals surface area (Å²) in [7, 11) is 0. The molecule has 2 nitrogen and oxygen atoms in total. The minimum atomic E-state index is -0.622. The second-order valence-electron chi connectivity index (χ2n) is 6.54. The third-order valence-corrected chi connectivity index (χ3v) is 5.30. The van der Waals surface area contributed by atoms with Gasteiger partial charge in [0.25, 0.3) is 0 Å². The number of likely N-dealkylation sites (tertiary alicyclic amines) is 1. The zero-order valence-corrected chi connectivity index (χ0v) is 14.7. The van der Waals surface area contributed by atoms with Gasteiger partial charge in [0.1, 0.15) is 5.41 Å². The lowest BCUT2D eigenvalue weighted by Gasteiger charge is -2.33. The van der Waals surface area contributed by atoms with Gasteiger partial charge in [-0.15, -0.1) is 0 Å². The number of nitrogens with zero attached hydrogens (tertiary/aromatic N) is 2. The van der Waals surface area contributed by atoms with Crippen molar-refractivity contribution in [1.82, 2.24) is 4.90 Å². The number of rotatable bonds is 5. The molecule has 1 fully saturated rings. The van der Waals surface area contributed by atoms with Gasteiger partial charge in [-0.3, -0.25) is 0 Å². The number of nitriles is 1. The van der Waals surface area contributed by atoms with Crippen molar-refractivity contribution in [3.05, 3.63) is 70.7 Å². The maximum Gasteiger partial charge on any atom is 0.108 e. The van der Waals surface area contributed by atoms with E-state index in [0.717, 1.165) is 37.2 Å². The normalized spacial score (nSPS) is 17.8. The fraction of sp³-hybridized carbons (Fsp3) is 0.381. The summed E-state index contributed by atoms with van der Waals surface area (Å²) in [5.74, 6) is 0. The van der Waals surface area contributed by atoms with Crippen LogP contribution in [0.2, 0.25) is 5.02 Å². The zero-order valence-electron chi connectivity index (χ0n) is 13.9. The summed E-state index contributed by atoms with van der Waals surface area (Å²) in [6.45, 7) is 3.25. The number of benzene rings is 2. The van der Waals surface area contributed by atoms with Gasteiger partial charge in [0.15, 0.2) is 0 Å². The molecule has 24 heavy (non-hydrogen) atoms. The molecule has 0 radical (unpaired) electrons. The molecular formula is C21H23ClN2. The Morgan fingerprint density at radius 2 is 1.54 bits per heavy atom. The van der Waals surface area contributed by atoms with Crippen LogP contribution >= 0.6 is 11.6 Å². The molecule has 0 bridgehead atoms. The van der Waals surface area contributed by atoms with Crippen molar-refractivity contribution in [2.24, 2.45) is 0 Å². The number of piperidine rings is 1. The van der Waals surface area contributed by atoms with E-state index in [0.29, 0.717) is 5.02 Å². The molecule has 0 spiro atoms. The van der Waals surface area contributed by atoms with E-state index in [2.05, 4.69) is 23.1 Å². The smallest absolute Gasteiger partial charge is 0.108 e. The van der Waals surface area contributed by atoms with Crippen LogP contribution < -0.4 is 0 Å². The third-order valence-electron chi connectivity index (χ3n) is 5.05. The molecule has 1 unspecified atom stereocenters. The molecule has 2 aromatic carbocycles. The van der Waals surface area contributed by atoms with Crippen molar-refractivity contribution >= 4 is 11.6 Å². The summed E-state index contributed by atoms with van der Waals surface area (Å²) >= 11 is 6.06. The largest absolute Gasteiger partial charge is 0.303 e. The van der Waals surface area contributed by atoms with Crippen LogP contribution in [-0.4, -0.2) is 24.5 Å². The highest BCUT2D eigenvalue weighted by Crippen LogP contribution is 2.36. The number of hydrogen-bond acceptors (Lipinski definition) is 2. The predicted molar refractivity (Wildman–Crippen MR) is 99.2 cm³/mol. The Morgan fingerprint density at radius 1 is 0.917 bits per heavy atom. The Hall–Kier alpha value is -1.82. The third kappa shape index (κ3) is 3.64. The zero-order chi connectivity index (χ0) is 16.8. The molecule has 2 aromatic rings. The Labute approximate surface area is 149 Å². The van der Waals surface area contributed by atoms with Crippen LogP contribution in [0.25, 0.3) is 0 Å². The maximum atomic E-state index is 10.2. The molecule has 0 N–H and O–H groups in total. The molecular weight excluding hydrogens is 316 g/mol. The van der Waals surface area contributed by atoms with E-state index in [1.165, 1.54) is 19.3 Å². The topological polar surface area (TPSA) is 27.0 Å². The molecule has 0 amide bonds. The standard InChI is InChI=1S/C21H23ClN2/c22-20-11-9-19(10-12-20)21(17-23,18-7-3-1-4-8-18)13-16-24-14-5-2-6-15-24/h1,3-4,7-12H,2,5-6,13-16H2. The van der Waals surface area contributed by atoms with Gasteiger partial charge in [0.2, 0.25) is 0 Å². The van der Waals surface area contributed by atoms with Gasteiger partial charge in [-0.05, 0) is 55.6 Å². The Bertz CT molecular complexity index is 684. The van der Waals surface area contributed by atoms with Crippen LogP contribution in [0.1, 0.15) is 36.8 Å². The van der Waals surface area contributed by atoms with Gasteiger partial charge in [-0.2, -0.15) is 5.26 Å². The summed E-state index contributed by atoms with van der Waals surface area (Å²) < 4.78 is 0. The second-order valence-corrected chi connectivity index (χ2v) is 6.98. The van der Waals surface area contributed by atoms with Crippen molar-refractivity contribution in [2.75, 3.05) is 19.6 Å². The summed E-state index contributed by atoms with van der Waals surface area (Å²) in [6.07, 6.45) is 4.67.